The van der Waals surface area contributed by atoms with Crippen LogP contribution in [0.25, 0.3) is 5.69 Å². The molecule has 0 bridgehead atoms. The summed E-state index contributed by atoms with van der Waals surface area (Å²) < 4.78 is 2.24. The summed E-state index contributed by atoms with van der Waals surface area (Å²) in [4.78, 5) is 4.47. The van der Waals surface area contributed by atoms with Crippen molar-refractivity contribution in [2.24, 2.45) is 5.92 Å². The molecule has 0 radical (unpaired) electrons. The van der Waals surface area contributed by atoms with E-state index in [-0.39, 0.29) is 0 Å². The van der Waals surface area contributed by atoms with E-state index in [0.717, 1.165) is 18.3 Å². The SMILES string of the molecule is Cc1ncc(CNC(C)C2CCC2)n1-c1ccccc1. The molecule has 1 aliphatic carbocycles. The number of imidazole rings is 1. The molecule has 3 nitrogen and oxygen atoms in total. The van der Waals surface area contributed by atoms with Crippen LogP contribution in [0.1, 0.15) is 37.7 Å². The van der Waals surface area contributed by atoms with E-state index in [1.54, 1.807) is 0 Å². The number of aromatic nitrogens is 2. The molecule has 1 aromatic carbocycles. The number of nitrogens with one attached hydrogen (secondary N) is 1. The van der Waals surface area contributed by atoms with Gasteiger partial charge in [-0.05, 0) is 44.7 Å². The molecule has 2 aromatic rings. The predicted molar refractivity (Wildman–Crippen MR) is 81.9 cm³/mol. The van der Waals surface area contributed by atoms with E-state index < -0.39 is 0 Å². The lowest BCUT2D eigenvalue weighted by Crippen LogP contribution is -2.37. The highest BCUT2D eigenvalue weighted by atomic mass is 15.1. The van der Waals surface area contributed by atoms with Crippen molar-refractivity contribution in [3.63, 3.8) is 0 Å². The molecule has 1 aliphatic rings. The molecule has 1 atom stereocenters. The maximum absolute atomic E-state index is 4.47. The fourth-order valence-electron chi connectivity index (χ4n) is 2.92. The van der Waals surface area contributed by atoms with Crippen molar-refractivity contribution in [1.29, 1.82) is 0 Å². The van der Waals surface area contributed by atoms with Crippen LogP contribution in [0.2, 0.25) is 0 Å². The smallest absolute Gasteiger partial charge is 0.110 e. The van der Waals surface area contributed by atoms with Crippen LogP contribution in [0, 0.1) is 12.8 Å². The first-order valence-electron chi connectivity index (χ1n) is 7.57. The number of aryl methyl sites for hydroxylation is 1. The van der Waals surface area contributed by atoms with E-state index in [1.807, 2.05) is 12.3 Å². The third kappa shape index (κ3) is 2.63. The molecule has 0 spiro atoms. The average molecular weight is 269 g/mol. The van der Waals surface area contributed by atoms with Gasteiger partial charge in [0.2, 0.25) is 0 Å². The van der Waals surface area contributed by atoms with Gasteiger partial charge in [0.1, 0.15) is 5.82 Å². The number of benzene rings is 1. The fourth-order valence-corrected chi connectivity index (χ4v) is 2.92. The maximum Gasteiger partial charge on any atom is 0.110 e. The Morgan fingerprint density at radius 3 is 2.70 bits per heavy atom. The second kappa shape index (κ2) is 5.80. The predicted octanol–water partition coefficient (Wildman–Crippen LogP) is 3.46. The van der Waals surface area contributed by atoms with Crippen molar-refractivity contribution in [2.75, 3.05) is 0 Å². The highest BCUT2D eigenvalue weighted by molar-refractivity contribution is 5.35. The van der Waals surface area contributed by atoms with E-state index in [2.05, 4.69) is 53.0 Å². The summed E-state index contributed by atoms with van der Waals surface area (Å²) in [6.45, 7) is 5.25. The summed E-state index contributed by atoms with van der Waals surface area (Å²) in [6, 6.07) is 11.1. The number of rotatable bonds is 5. The molecule has 3 heteroatoms. The molecule has 0 aliphatic heterocycles. The molecule has 1 N–H and O–H groups in total. The van der Waals surface area contributed by atoms with E-state index in [4.69, 9.17) is 0 Å². The van der Waals surface area contributed by atoms with Gasteiger partial charge in [-0.3, -0.25) is 4.57 Å². The maximum atomic E-state index is 4.47. The van der Waals surface area contributed by atoms with Crippen LogP contribution < -0.4 is 5.32 Å². The molecular formula is C17H23N3. The van der Waals surface area contributed by atoms with Gasteiger partial charge < -0.3 is 5.32 Å². The number of hydrogen-bond acceptors (Lipinski definition) is 2. The largest absolute Gasteiger partial charge is 0.308 e. The van der Waals surface area contributed by atoms with Gasteiger partial charge in [0.25, 0.3) is 0 Å². The second-order valence-electron chi connectivity index (χ2n) is 5.83. The summed E-state index contributed by atoms with van der Waals surface area (Å²) in [5.41, 5.74) is 2.43. The van der Waals surface area contributed by atoms with Crippen LogP contribution in [-0.4, -0.2) is 15.6 Å². The van der Waals surface area contributed by atoms with Crippen molar-refractivity contribution < 1.29 is 0 Å². The van der Waals surface area contributed by atoms with Crippen LogP contribution >= 0.6 is 0 Å². The average Bonchev–Trinajstić information content (AvgIpc) is 2.76. The van der Waals surface area contributed by atoms with Gasteiger partial charge in [-0.1, -0.05) is 24.6 Å². The van der Waals surface area contributed by atoms with Crippen LogP contribution in [-0.2, 0) is 6.54 Å². The van der Waals surface area contributed by atoms with Gasteiger partial charge in [-0.15, -0.1) is 0 Å². The summed E-state index contributed by atoms with van der Waals surface area (Å²) >= 11 is 0. The van der Waals surface area contributed by atoms with E-state index in [1.165, 1.54) is 30.6 Å². The number of hydrogen-bond donors (Lipinski definition) is 1. The fraction of sp³-hybridized carbons (Fsp3) is 0.471. The third-order valence-corrected chi connectivity index (χ3v) is 4.49. The first-order chi connectivity index (χ1) is 9.75. The monoisotopic (exact) mass is 269 g/mol. The van der Waals surface area contributed by atoms with Crippen molar-refractivity contribution in [3.8, 4) is 5.69 Å². The van der Waals surface area contributed by atoms with Crippen molar-refractivity contribution >= 4 is 0 Å². The molecule has 0 saturated heterocycles. The Balaban J connectivity index is 1.74. The zero-order valence-electron chi connectivity index (χ0n) is 12.3. The number of nitrogens with zero attached hydrogens (tertiary/aromatic N) is 2. The van der Waals surface area contributed by atoms with Gasteiger partial charge in [-0.25, -0.2) is 4.98 Å². The zero-order chi connectivity index (χ0) is 13.9. The Morgan fingerprint density at radius 2 is 2.05 bits per heavy atom. The minimum Gasteiger partial charge on any atom is -0.308 e. The first kappa shape index (κ1) is 13.4. The van der Waals surface area contributed by atoms with Gasteiger partial charge in [0, 0.05) is 18.3 Å². The minimum absolute atomic E-state index is 0.600. The Morgan fingerprint density at radius 1 is 1.30 bits per heavy atom. The molecule has 0 amide bonds. The molecular weight excluding hydrogens is 246 g/mol. The van der Waals surface area contributed by atoms with Crippen molar-refractivity contribution in [2.45, 2.75) is 45.7 Å². The zero-order valence-corrected chi connectivity index (χ0v) is 12.3. The Hall–Kier alpha value is -1.61. The van der Waals surface area contributed by atoms with E-state index >= 15 is 0 Å². The topological polar surface area (TPSA) is 29.9 Å². The summed E-state index contributed by atoms with van der Waals surface area (Å²) in [5, 5.41) is 3.66. The minimum atomic E-state index is 0.600. The molecule has 1 unspecified atom stereocenters. The summed E-state index contributed by atoms with van der Waals surface area (Å²) in [6.07, 6.45) is 6.15. The van der Waals surface area contributed by atoms with Crippen molar-refractivity contribution in [3.05, 3.63) is 48.0 Å². The van der Waals surface area contributed by atoms with Crippen LogP contribution in [0.4, 0.5) is 0 Å². The summed E-state index contributed by atoms with van der Waals surface area (Å²) in [5.74, 6) is 1.91. The van der Waals surface area contributed by atoms with Crippen LogP contribution in [0.5, 0.6) is 0 Å². The number of para-hydroxylation sites is 1. The lowest BCUT2D eigenvalue weighted by atomic mass is 9.80. The van der Waals surface area contributed by atoms with Crippen molar-refractivity contribution in [1.82, 2.24) is 14.9 Å². The Labute approximate surface area is 121 Å². The normalized spacial score (nSPS) is 16.9. The molecule has 1 aromatic heterocycles. The van der Waals surface area contributed by atoms with Gasteiger partial charge >= 0.3 is 0 Å². The molecule has 3 rings (SSSR count). The van der Waals surface area contributed by atoms with Gasteiger partial charge in [0.15, 0.2) is 0 Å². The van der Waals surface area contributed by atoms with E-state index in [9.17, 15) is 0 Å². The van der Waals surface area contributed by atoms with Crippen LogP contribution in [0.15, 0.2) is 36.5 Å². The Kier molecular flexibility index (Phi) is 3.88. The van der Waals surface area contributed by atoms with E-state index in [0.29, 0.717) is 6.04 Å². The highest BCUT2D eigenvalue weighted by Crippen LogP contribution is 2.29. The van der Waals surface area contributed by atoms with Crippen LogP contribution in [0.3, 0.4) is 0 Å². The highest BCUT2D eigenvalue weighted by Gasteiger charge is 2.23. The Bertz CT molecular complexity index is 555. The lowest BCUT2D eigenvalue weighted by molar-refractivity contribution is 0.239. The molecule has 1 heterocycles. The first-order valence-corrected chi connectivity index (χ1v) is 7.57. The molecule has 20 heavy (non-hydrogen) atoms. The molecule has 1 fully saturated rings. The van der Waals surface area contributed by atoms with Gasteiger partial charge in [-0.2, -0.15) is 0 Å². The molecule has 1 saturated carbocycles. The standard InChI is InChI=1S/C17H23N3/c1-13(15-7-6-8-15)18-11-17-12-19-14(2)20(17)16-9-4-3-5-10-16/h3-5,9-10,12-13,15,18H,6-8,11H2,1-2H3. The second-order valence-corrected chi connectivity index (χ2v) is 5.83. The van der Waals surface area contributed by atoms with Gasteiger partial charge in [0.05, 0.1) is 11.9 Å². The third-order valence-electron chi connectivity index (χ3n) is 4.49. The quantitative estimate of drug-likeness (QED) is 0.901. The summed E-state index contributed by atoms with van der Waals surface area (Å²) in [7, 11) is 0. The lowest BCUT2D eigenvalue weighted by Gasteiger charge is -2.32. The molecule has 106 valence electrons.